The topological polar surface area (TPSA) is 28.2 Å². The van der Waals surface area contributed by atoms with Gasteiger partial charge in [0.05, 0.1) is 5.69 Å². The minimum atomic E-state index is 0.824. The molecule has 2 unspecified atom stereocenters. The van der Waals surface area contributed by atoms with Crippen LogP contribution in [0.2, 0.25) is 0 Å². The number of rotatable bonds is 5. The van der Waals surface area contributed by atoms with Gasteiger partial charge in [0.15, 0.2) is 0 Å². The first-order chi connectivity index (χ1) is 9.29. The number of piperidine rings is 1. The molecule has 2 bridgehead atoms. The molecule has 3 heteroatoms. The van der Waals surface area contributed by atoms with Crippen LogP contribution < -0.4 is 5.32 Å². The van der Waals surface area contributed by atoms with Gasteiger partial charge in [0.2, 0.25) is 0 Å². The van der Waals surface area contributed by atoms with E-state index in [2.05, 4.69) is 34.4 Å². The van der Waals surface area contributed by atoms with E-state index in [0.29, 0.717) is 0 Å². The molecule has 3 rings (SSSR count). The maximum absolute atomic E-state index is 4.40. The molecule has 2 aliphatic heterocycles. The highest BCUT2D eigenvalue weighted by molar-refractivity contribution is 5.03. The van der Waals surface area contributed by atoms with Gasteiger partial charge in [-0.15, -0.1) is 0 Å². The van der Waals surface area contributed by atoms with Crippen LogP contribution in [0.4, 0.5) is 0 Å². The molecule has 1 aromatic rings. The largest absolute Gasteiger partial charge is 0.311 e. The second-order valence-corrected chi connectivity index (χ2v) is 6.32. The van der Waals surface area contributed by atoms with Gasteiger partial charge in [-0.3, -0.25) is 4.98 Å². The van der Waals surface area contributed by atoms with E-state index >= 15 is 0 Å². The minimum Gasteiger partial charge on any atom is -0.311 e. The van der Waals surface area contributed by atoms with Gasteiger partial charge in [-0.25, -0.2) is 0 Å². The summed E-state index contributed by atoms with van der Waals surface area (Å²) in [6, 6.07) is 7.81. The van der Waals surface area contributed by atoms with Gasteiger partial charge in [0, 0.05) is 24.8 Å². The molecule has 0 spiro atoms. The Morgan fingerprint density at radius 1 is 1.26 bits per heavy atom. The van der Waals surface area contributed by atoms with E-state index in [1.54, 1.807) is 0 Å². The minimum absolute atomic E-state index is 0.824. The number of hydrogen-bond acceptors (Lipinski definition) is 3. The summed E-state index contributed by atoms with van der Waals surface area (Å²) in [5, 5.41) is 3.72. The van der Waals surface area contributed by atoms with Gasteiger partial charge in [-0.05, 0) is 63.7 Å². The fraction of sp³-hybridized carbons (Fsp3) is 0.688. The highest BCUT2D eigenvalue weighted by Gasteiger charge is 2.32. The van der Waals surface area contributed by atoms with Crippen LogP contribution in [0.3, 0.4) is 0 Å². The van der Waals surface area contributed by atoms with Crippen molar-refractivity contribution in [2.45, 2.75) is 50.7 Å². The van der Waals surface area contributed by atoms with Crippen molar-refractivity contribution in [1.82, 2.24) is 15.2 Å². The summed E-state index contributed by atoms with van der Waals surface area (Å²) in [5.41, 5.74) is 1.18. The van der Waals surface area contributed by atoms with E-state index in [4.69, 9.17) is 0 Å². The van der Waals surface area contributed by atoms with E-state index < -0.39 is 0 Å². The van der Waals surface area contributed by atoms with Crippen molar-refractivity contribution in [2.24, 2.45) is 5.92 Å². The van der Waals surface area contributed by atoms with E-state index in [-0.39, 0.29) is 0 Å². The first kappa shape index (κ1) is 13.1. The first-order valence-corrected chi connectivity index (χ1v) is 7.64. The Morgan fingerprint density at radius 3 is 2.74 bits per heavy atom. The van der Waals surface area contributed by atoms with E-state index in [0.717, 1.165) is 24.5 Å². The Hall–Kier alpha value is -0.930. The van der Waals surface area contributed by atoms with Crippen LogP contribution in [0.1, 0.15) is 37.8 Å². The van der Waals surface area contributed by atoms with Gasteiger partial charge in [0.25, 0.3) is 0 Å². The van der Waals surface area contributed by atoms with Gasteiger partial charge < -0.3 is 10.2 Å². The van der Waals surface area contributed by atoms with Crippen LogP contribution in [0, 0.1) is 5.92 Å². The molecule has 2 atom stereocenters. The number of nitrogens with one attached hydrogen (secondary N) is 1. The van der Waals surface area contributed by atoms with Crippen LogP contribution in [0.15, 0.2) is 24.4 Å². The SMILES string of the molecule is CN(CCC1CC2CCC(C1)N2)Cc1ccccn1. The third kappa shape index (κ3) is 3.54. The molecule has 0 saturated carbocycles. The van der Waals surface area contributed by atoms with Crippen molar-refractivity contribution in [2.75, 3.05) is 13.6 Å². The Bertz CT molecular complexity index is 380. The number of fused-ring (bicyclic) bond motifs is 2. The summed E-state index contributed by atoms with van der Waals surface area (Å²) in [5.74, 6) is 0.935. The normalized spacial score (nSPS) is 29.9. The molecule has 0 amide bonds. The van der Waals surface area contributed by atoms with Gasteiger partial charge in [-0.2, -0.15) is 0 Å². The van der Waals surface area contributed by atoms with Crippen molar-refractivity contribution in [1.29, 1.82) is 0 Å². The Kier molecular flexibility index (Phi) is 4.14. The fourth-order valence-corrected chi connectivity index (χ4v) is 3.66. The molecule has 1 aromatic heterocycles. The molecule has 0 aliphatic carbocycles. The molecule has 3 heterocycles. The van der Waals surface area contributed by atoms with Crippen LogP contribution in [0.25, 0.3) is 0 Å². The van der Waals surface area contributed by atoms with Gasteiger partial charge in [0.1, 0.15) is 0 Å². The molecule has 2 fully saturated rings. The van der Waals surface area contributed by atoms with E-state index in [1.165, 1.54) is 44.3 Å². The molecule has 104 valence electrons. The monoisotopic (exact) mass is 259 g/mol. The number of pyridine rings is 1. The zero-order valence-electron chi connectivity index (χ0n) is 11.9. The van der Waals surface area contributed by atoms with Crippen LogP contribution >= 0.6 is 0 Å². The zero-order chi connectivity index (χ0) is 13.1. The third-order valence-corrected chi connectivity index (χ3v) is 4.65. The summed E-state index contributed by atoms with van der Waals surface area (Å²) in [7, 11) is 2.21. The smallest absolute Gasteiger partial charge is 0.0543 e. The second kappa shape index (κ2) is 6.02. The predicted molar refractivity (Wildman–Crippen MR) is 77.9 cm³/mol. The summed E-state index contributed by atoms with van der Waals surface area (Å²) in [4.78, 5) is 6.80. The highest BCUT2D eigenvalue weighted by Crippen LogP contribution is 2.32. The molecule has 19 heavy (non-hydrogen) atoms. The molecular weight excluding hydrogens is 234 g/mol. The number of nitrogens with zero attached hydrogens (tertiary/aromatic N) is 2. The maximum atomic E-state index is 4.40. The molecule has 2 saturated heterocycles. The van der Waals surface area contributed by atoms with Crippen molar-refractivity contribution in [3.63, 3.8) is 0 Å². The molecule has 1 N–H and O–H groups in total. The maximum Gasteiger partial charge on any atom is 0.0543 e. The molecule has 0 radical (unpaired) electrons. The summed E-state index contributed by atoms with van der Waals surface area (Å²) < 4.78 is 0. The standard InChI is InChI=1S/C16H25N3/c1-19(12-16-4-2-3-8-17-16)9-7-13-10-14-5-6-15(11-13)18-14/h2-4,8,13-15,18H,5-7,9-12H2,1H3. The van der Waals surface area contributed by atoms with Crippen molar-refractivity contribution in [3.8, 4) is 0 Å². The van der Waals surface area contributed by atoms with Crippen LogP contribution in [0.5, 0.6) is 0 Å². The van der Waals surface area contributed by atoms with Crippen LogP contribution in [-0.2, 0) is 6.54 Å². The average molecular weight is 259 g/mol. The summed E-state index contributed by atoms with van der Waals surface area (Å²) in [6.07, 6.45) is 8.84. The molecular formula is C16H25N3. The Labute approximate surface area is 116 Å². The number of hydrogen-bond donors (Lipinski definition) is 1. The van der Waals surface area contributed by atoms with Crippen molar-refractivity contribution < 1.29 is 0 Å². The van der Waals surface area contributed by atoms with E-state index in [1.807, 2.05) is 12.3 Å². The quantitative estimate of drug-likeness (QED) is 0.880. The lowest BCUT2D eigenvalue weighted by molar-refractivity contribution is 0.237. The van der Waals surface area contributed by atoms with E-state index in [9.17, 15) is 0 Å². The summed E-state index contributed by atoms with van der Waals surface area (Å²) in [6.45, 7) is 2.17. The van der Waals surface area contributed by atoms with Crippen molar-refractivity contribution in [3.05, 3.63) is 30.1 Å². The van der Waals surface area contributed by atoms with Gasteiger partial charge >= 0.3 is 0 Å². The number of aromatic nitrogens is 1. The average Bonchev–Trinajstić information content (AvgIpc) is 2.77. The lowest BCUT2D eigenvalue weighted by Crippen LogP contribution is -2.38. The first-order valence-electron chi connectivity index (χ1n) is 7.64. The molecule has 2 aliphatic rings. The molecule has 3 nitrogen and oxygen atoms in total. The lowest BCUT2D eigenvalue weighted by Gasteiger charge is -2.30. The summed E-state index contributed by atoms with van der Waals surface area (Å²) >= 11 is 0. The third-order valence-electron chi connectivity index (χ3n) is 4.65. The Balaban J connectivity index is 1.42. The molecule has 0 aromatic carbocycles. The fourth-order valence-electron chi connectivity index (χ4n) is 3.66. The van der Waals surface area contributed by atoms with Crippen LogP contribution in [-0.4, -0.2) is 35.6 Å². The lowest BCUT2D eigenvalue weighted by atomic mass is 9.89. The second-order valence-electron chi connectivity index (χ2n) is 6.32. The highest BCUT2D eigenvalue weighted by atomic mass is 15.1. The predicted octanol–water partition coefficient (Wildman–Crippen LogP) is 2.43. The van der Waals surface area contributed by atoms with Gasteiger partial charge in [-0.1, -0.05) is 6.07 Å². The van der Waals surface area contributed by atoms with Crippen molar-refractivity contribution >= 4 is 0 Å². The zero-order valence-corrected chi connectivity index (χ0v) is 11.9. The Morgan fingerprint density at radius 2 is 2.05 bits per heavy atom.